The highest BCUT2D eigenvalue weighted by Gasteiger charge is 2.25. The molecule has 0 bridgehead atoms. The van der Waals surface area contributed by atoms with E-state index in [0.717, 1.165) is 52.7 Å². The summed E-state index contributed by atoms with van der Waals surface area (Å²) in [5, 5.41) is 3.09. The Labute approximate surface area is 214 Å². The largest absolute Gasteiger partial charge is 0.347 e. The van der Waals surface area contributed by atoms with E-state index in [0.29, 0.717) is 27.7 Å². The van der Waals surface area contributed by atoms with Crippen molar-refractivity contribution in [3.8, 4) is 11.1 Å². The molecule has 2 aromatic heterocycles. The number of H-pyrrole nitrogens is 1. The van der Waals surface area contributed by atoms with E-state index in [2.05, 4.69) is 51.8 Å². The number of carbonyl (C=O) groups is 1. The molecule has 5 aromatic rings. The summed E-state index contributed by atoms with van der Waals surface area (Å²) in [4.78, 5) is 21.6. The number of unbranched alkanes of at least 4 members (excludes halogenated alkanes) is 1. The highest BCUT2D eigenvalue weighted by Crippen LogP contribution is 2.38. The van der Waals surface area contributed by atoms with Gasteiger partial charge in [0.2, 0.25) is 0 Å². The zero-order valence-corrected chi connectivity index (χ0v) is 20.9. The molecule has 0 aliphatic rings. The van der Waals surface area contributed by atoms with Crippen LogP contribution in [-0.4, -0.2) is 20.3 Å². The molecule has 0 fully saturated rings. The van der Waals surface area contributed by atoms with Crippen molar-refractivity contribution in [2.24, 2.45) is 0 Å². The molecule has 0 atom stereocenters. The fourth-order valence-corrected chi connectivity index (χ4v) is 5.13. The number of rotatable bonds is 8. The van der Waals surface area contributed by atoms with Crippen LogP contribution in [0.3, 0.4) is 0 Å². The fourth-order valence-electron chi connectivity index (χ4n) is 4.63. The molecular formula is C29H25Cl2N3O. The van der Waals surface area contributed by atoms with Crippen LogP contribution in [0.2, 0.25) is 10.0 Å². The predicted molar refractivity (Wildman–Crippen MR) is 144 cm³/mol. The van der Waals surface area contributed by atoms with E-state index in [9.17, 15) is 4.79 Å². The summed E-state index contributed by atoms with van der Waals surface area (Å²) in [5.74, 6) is 0.719. The molecule has 0 amide bonds. The van der Waals surface area contributed by atoms with E-state index in [-0.39, 0.29) is 5.78 Å². The Morgan fingerprint density at radius 3 is 2.63 bits per heavy atom. The Balaban J connectivity index is 1.77. The lowest BCUT2D eigenvalue weighted by Crippen LogP contribution is -2.05. The summed E-state index contributed by atoms with van der Waals surface area (Å²) in [7, 11) is 0. The number of fused-ring (bicyclic) bond motifs is 1. The SMILES string of the molecule is CCCCc1c(-c2cccc3ccccc23)c(C(=O)c2ccc(Cl)cc2Cl)cn1Cc1ncc[nH]1. The van der Waals surface area contributed by atoms with Crippen molar-refractivity contribution in [2.75, 3.05) is 0 Å². The van der Waals surface area contributed by atoms with E-state index in [1.165, 1.54) is 0 Å². The maximum absolute atomic E-state index is 14.0. The number of halogens is 2. The number of ketones is 1. The number of hydrogen-bond acceptors (Lipinski definition) is 2. The zero-order chi connectivity index (χ0) is 24.4. The minimum absolute atomic E-state index is 0.120. The lowest BCUT2D eigenvalue weighted by molar-refractivity contribution is 0.103. The zero-order valence-electron chi connectivity index (χ0n) is 19.4. The average molecular weight is 502 g/mol. The Kier molecular flexibility index (Phi) is 6.76. The molecule has 0 saturated carbocycles. The molecule has 35 heavy (non-hydrogen) atoms. The number of imidazole rings is 1. The highest BCUT2D eigenvalue weighted by molar-refractivity contribution is 6.37. The minimum Gasteiger partial charge on any atom is -0.347 e. The van der Waals surface area contributed by atoms with Gasteiger partial charge in [0.05, 0.1) is 11.6 Å². The van der Waals surface area contributed by atoms with Crippen LogP contribution in [0.25, 0.3) is 21.9 Å². The smallest absolute Gasteiger partial charge is 0.196 e. The summed E-state index contributed by atoms with van der Waals surface area (Å²) in [5.41, 5.74) is 4.18. The molecule has 0 aliphatic carbocycles. The molecule has 2 heterocycles. The Hall–Kier alpha value is -3.34. The van der Waals surface area contributed by atoms with Crippen molar-refractivity contribution >= 4 is 39.8 Å². The van der Waals surface area contributed by atoms with Crippen molar-refractivity contribution < 1.29 is 4.79 Å². The molecule has 0 aliphatic heterocycles. The summed E-state index contributed by atoms with van der Waals surface area (Å²) < 4.78 is 2.16. The second-order valence-corrected chi connectivity index (χ2v) is 9.46. The van der Waals surface area contributed by atoms with E-state index >= 15 is 0 Å². The molecular weight excluding hydrogens is 477 g/mol. The number of benzene rings is 3. The van der Waals surface area contributed by atoms with Gasteiger partial charge in [-0.2, -0.15) is 0 Å². The normalized spacial score (nSPS) is 11.3. The van der Waals surface area contributed by atoms with Crippen molar-refractivity contribution in [3.05, 3.63) is 112 Å². The van der Waals surface area contributed by atoms with Gasteiger partial charge in [0.15, 0.2) is 5.78 Å². The van der Waals surface area contributed by atoms with E-state index in [1.807, 2.05) is 24.5 Å². The summed E-state index contributed by atoms with van der Waals surface area (Å²) in [6.45, 7) is 2.72. The molecule has 0 radical (unpaired) electrons. The molecule has 5 rings (SSSR count). The van der Waals surface area contributed by atoms with Gasteiger partial charge in [-0.1, -0.05) is 79.0 Å². The molecule has 0 spiro atoms. The Morgan fingerprint density at radius 1 is 1.03 bits per heavy atom. The van der Waals surface area contributed by atoms with Crippen LogP contribution in [0.15, 0.2) is 79.3 Å². The van der Waals surface area contributed by atoms with E-state index in [1.54, 1.807) is 24.4 Å². The molecule has 6 heteroatoms. The van der Waals surface area contributed by atoms with Crippen LogP contribution in [0, 0.1) is 0 Å². The van der Waals surface area contributed by atoms with Crippen LogP contribution in [0.1, 0.15) is 47.2 Å². The maximum Gasteiger partial charge on any atom is 0.196 e. The van der Waals surface area contributed by atoms with Gasteiger partial charge in [0.25, 0.3) is 0 Å². The Bertz CT molecular complexity index is 1500. The van der Waals surface area contributed by atoms with Crippen molar-refractivity contribution in [2.45, 2.75) is 32.7 Å². The highest BCUT2D eigenvalue weighted by atomic mass is 35.5. The van der Waals surface area contributed by atoms with Gasteiger partial charge in [-0.05, 0) is 47.4 Å². The minimum atomic E-state index is -0.120. The molecule has 1 N–H and O–H groups in total. The van der Waals surface area contributed by atoms with Gasteiger partial charge >= 0.3 is 0 Å². The quantitative estimate of drug-likeness (QED) is 0.219. The number of nitrogens with zero attached hydrogens (tertiary/aromatic N) is 2. The first-order valence-corrected chi connectivity index (χ1v) is 12.5. The molecule has 3 aromatic carbocycles. The third-order valence-corrected chi connectivity index (χ3v) is 6.86. The second-order valence-electron chi connectivity index (χ2n) is 8.61. The van der Waals surface area contributed by atoms with Crippen LogP contribution >= 0.6 is 23.2 Å². The molecule has 176 valence electrons. The van der Waals surface area contributed by atoms with E-state index < -0.39 is 0 Å². The standard InChI is InChI=1S/C29H25Cl2N3O/c1-2-3-11-26-28(22-10-6-8-19-7-4-5-9-21(19)22)24(17-34(26)18-27-32-14-15-33-27)29(35)23-13-12-20(30)16-25(23)31/h4-10,12-17H,2-3,11,18H2,1H3,(H,32,33). The third-order valence-electron chi connectivity index (χ3n) is 6.31. The van der Waals surface area contributed by atoms with Crippen LogP contribution in [0.5, 0.6) is 0 Å². The maximum atomic E-state index is 14.0. The second kappa shape index (κ2) is 10.1. The number of nitrogens with one attached hydrogen (secondary N) is 1. The first kappa shape index (κ1) is 23.4. The first-order chi connectivity index (χ1) is 17.1. The number of aromatic amines is 1. The van der Waals surface area contributed by atoms with Gasteiger partial charge in [-0.15, -0.1) is 0 Å². The summed E-state index contributed by atoms with van der Waals surface area (Å²) in [6.07, 6.45) is 8.42. The molecule has 0 saturated heterocycles. The topological polar surface area (TPSA) is 50.7 Å². The van der Waals surface area contributed by atoms with E-state index in [4.69, 9.17) is 23.2 Å². The lowest BCUT2D eigenvalue weighted by Gasteiger charge is -2.13. The van der Waals surface area contributed by atoms with Crippen molar-refractivity contribution in [3.63, 3.8) is 0 Å². The van der Waals surface area contributed by atoms with Gasteiger partial charge in [-0.25, -0.2) is 4.98 Å². The predicted octanol–water partition coefficient (Wildman–Crippen LogP) is 7.96. The van der Waals surface area contributed by atoms with Crippen molar-refractivity contribution in [1.29, 1.82) is 0 Å². The number of hydrogen-bond donors (Lipinski definition) is 1. The van der Waals surface area contributed by atoms with Crippen LogP contribution < -0.4 is 0 Å². The van der Waals surface area contributed by atoms with Gasteiger partial charge in [-0.3, -0.25) is 4.79 Å². The van der Waals surface area contributed by atoms with Gasteiger partial charge < -0.3 is 9.55 Å². The van der Waals surface area contributed by atoms with Gasteiger partial charge in [0, 0.05) is 46.0 Å². The van der Waals surface area contributed by atoms with Crippen LogP contribution in [-0.2, 0) is 13.0 Å². The molecule has 4 nitrogen and oxygen atoms in total. The van der Waals surface area contributed by atoms with Crippen molar-refractivity contribution in [1.82, 2.24) is 14.5 Å². The third kappa shape index (κ3) is 4.64. The number of carbonyl (C=O) groups excluding carboxylic acids is 1. The fraction of sp³-hybridized carbons (Fsp3) is 0.172. The summed E-state index contributed by atoms with van der Waals surface area (Å²) >= 11 is 12.6. The lowest BCUT2D eigenvalue weighted by atomic mass is 9.91. The summed E-state index contributed by atoms with van der Waals surface area (Å²) in [6, 6.07) is 19.6. The monoisotopic (exact) mass is 501 g/mol. The first-order valence-electron chi connectivity index (χ1n) is 11.7. The molecule has 0 unspecified atom stereocenters. The number of aromatic nitrogens is 3. The van der Waals surface area contributed by atoms with Crippen LogP contribution in [0.4, 0.5) is 0 Å². The average Bonchev–Trinajstić information content (AvgIpc) is 3.50. The van der Waals surface area contributed by atoms with Gasteiger partial charge in [0.1, 0.15) is 5.82 Å². The Morgan fingerprint density at radius 2 is 1.86 bits per heavy atom.